The van der Waals surface area contributed by atoms with Crippen LogP contribution in [0.15, 0.2) is 42.5 Å². The SMILES string of the molecule is CN1CC/C=C/C(O)C2CCC2CN2CC3(CCc4cc(Cl)ccc43)COc3ccc(nc32)C(O)CC1=O.COC=O. The topological polar surface area (TPSA) is 112 Å². The van der Waals surface area contributed by atoms with Crippen molar-refractivity contribution in [1.29, 1.82) is 0 Å². The van der Waals surface area contributed by atoms with E-state index in [0.29, 0.717) is 49.2 Å². The van der Waals surface area contributed by atoms with E-state index < -0.39 is 12.2 Å². The van der Waals surface area contributed by atoms with Gasteiger partial charge in [0.25, 0.3) is 6.47 Å². The highest BCUT2D eigenvalue weighted by Crippen LogP contribution is 2.47. The molecular formula is C32H40ClN3O6. The van der Waals surface area contributed by atoms with Crippen molar-refractivity contribution >= 4 is 29.8 Å². The standard InChI is InChI=1S/C30H36ClN3O4.C2H4O2/c1-33-13-3-2-4-25(35)22-7-5-20(22)16-34-17-30(12-11-19-14-21(31)6-8-23(19)30)18-38-27-10-9-24(32-29(27)34)26(36)15-28(33)37;1-4-2-3/h2,4,6,8-10,14,20,22,25-26,35-36H,3,5,7,11-13,15-18H2,1H3;2H,1H3/b4-2+;. The summed E-state index contributed by atoms with van der Waals surface area (Å²) in [6.07, 6.45) is 6.96. The second-order valence-electron chi connectivity index (χ2n) is 11.9. The molecule has 1 spiro atoms. The van der Waals surface area contributed by atoms with E-state index in [2.05, 4.69) is 21.8 Å². The second-order valence-corrected chi connectivity index (χ2v) is 12.3. The van der Waals surface area contributed by atoms with E-state index in [0.717, 1.165) is 43.8 Å². The van der Waals surface area contributed by atoms with Crippen molar-refractivity contribution in [1.82, 2.24) is 9.88 Å². The Hall–Kier alpha value is -3.14. The summed E-state index contributed by atoms with van der Waals surface area (Å²) in [7, 11) is 3.06. The lowest BCUT2D eigenvalue weighted by atomic mass is 9.70. The number of pyridine rings is 1. The molecule has 9 nitrogen and oxygen atoms in total. The molecule has 42 heavy (non-hydrogen) atoms. The van der Waals surface area contributed by atoms with Crippen LogP contribution in [0.4, 0.5) is 5.82 Å². The van der Waals surface area contributed by atoms with Gasteiger partial charge in [-0.25, -0.2) is 4.98 Å². The number of hydrogen-bond acceptors (Lipinski definition) is 8. The van der Waals surface area contributed by atoms with Gasteiger partial charge >= 0.3 is 0 Å². The Labute approximate surface area is 252 Å². The summed E-state index contributed by atoms with van der Waals surface area (Å²) in [5, 5.41) is 22.7. The van der Waals surface area contributed by atoms with Gasteiger partial charge in [-0.3, -0.25) is 9.59 Å². The van der Waals surface area contributed by atoms with Crippen LogP contribution in [0.25, 0.3) is 0 Å². The van der Waals surface area contributed by atoms with Crippen LogP contribution in [0.3, 0.4) is 0 Å². The van der Waals surface area contributed by atoms with Crippen LogP contribution in [-0.2, 0) is 26.2 Å². The molecule has 1 aromatic heterocycles. The number of methoxy groups -OCH3 is 1. The number of aryl methyl sites for hydroxylation is 1. The molecule has 0 saturated heterocycles. The number of anilines is 1. The fourth-order valence-corrected chi connectivity index (χ4v) is 6.88. The third-order valence-electron chi connectivity index (χ3n) is 9.24. The van der Waals surface area contributed by atoms with Crippen molar-refractivity contribution in [3.63, 3.8) is 0 Å². The summed E-state index contributed by atoms with van der Waals surface area (Å²) in [6.45, 7) is 2.94. The summed E-state index contributed by atoms with van der Waals surface area (Å²) < 4.78 is 10.3. The number of aliphatic hydroxyl groups excluding tert-OH is 2. The number of hydrogen-bond donors (Lipinski definition) is 2. The quantitative estimate of drug-likeness (QED) is 0.377. The van der Waals surface area contributed by atoms with E-state index in [-0.39, 0.29) is 23.7 Å². The maximum absolute atomic E-state index is 12.8. The number of benzene rings is 1. The van der Waals surface area contributed by atoms with Crippen molar-refractivity contribution in [3.05, 3.63) is 64.3 Å². The van der Waals surface area contributed by atoms with Crippen LogP contribution in [-0.4, -0.2) is 79.0 Å². The van der Waals surface area contributed by atoms with Crippen LogP contribution >= 0.6 is 11.6 Å². The Morgan fingerprint density at radius 1 is 1.21 bits per heavy atom. The summed E-state index contributed by atoms with van der Waals surface area (Å²) in [5.41, 5.74) is 2.83. The Morgan fingerprint density at radius 3 is 2.76 bits per heavy atom. The van der Waals surface area contributed by atoms with Gasteiger partial charge in [0.1, 0.15) is 6.10 Å². The van der Waals surface area contributed by atoms with Crippen molar-refractivity contribution in [3.8, 4) is 5.75 Å². The molecule has 226 valence electrons. The molecule has 6 rings (SSSR count). The number of amides is 1. The van der Waals surface area contributed by atoms with E-state index in [1.807, 2.05) is 24.3 Å². The smallest absolute Gasteiger partial charge is 0.292 e. The third kappa shape index (κ3) is 6.28. The zero-order valence-electron chi connectivity index (χ0n) is 24.2. The highest BCUT2D eigenvalue weighted by Gasteiger charge is 2.45. The number of carbonyl (C=O) groups is 2. The minimum absolute atomic E-state index is 0.0295. The van der Waals surface area contributed by atoms with Gasteiger partial charge in [-0.2, -0.15) is 0 Å². The molecule has 10 heteroatoms. The Balaban J connectivity index is 0.000000830. The first-order valence-corrected chi connectivity index (χ1v) is 15.0. The van der Waals surface area contributed by atoms with Crippen LogP contribution in [0.5, 0.6) is 5.75 Å². The highest BCUT2D eigenvalue weighted by molar-refractivity contribution is 6.30. The molecule has 1 fully saturated rings. The molecule has 3 heterocycles. The largest absolute Gasteiger partial charge is 0.489 e. The fraction of sp³-hybridized carbons (Fsp3) is 0.531. The Kier molecular flexibility index (Phi) is 9.40. The third-order valence-corrected chi connectivity index (χ3v) is 9.47. The summed E-state index contributed by atoms with van der Waals surface area (Å²) in [6, 6.07) is 9.84. The van der Waals surface area contributed by atoms with Crippen molar-refractivity contribution in [2.24, 2.45) is 11.8 Å². The molecule has 1 aromatic carbocycles. The van der Waals surface area contributed by atoms with E-state index in [1.165, 1.54) is 18.2 Å². The molecule has 2 bridgehead atoms. The van der Waals surface area contributed by atoms with Crippen LogP contribution in [0.2, 0.25) is 5.02 Å². The molecule has 1 saturated carbocycles. The maximum atomic E-state index is 12.8. The van der Waals surface area contributed by atoms with E-state index in [1.54, 1.807) is 18.0 Å². The number of ether oxygens (including phenoxy) is 2. The average molecular weight is 598 g/mol. The first-order chi connectivity index (χ1) is 20.2. The molecule has 4 aliphatic rings. The van der Waals surface area contributed by atoms with Crippen LogP contribution in [0, 0.1) is 11.8 Å². The zero-order chi connectivity index (χ0) is 29.9. The van der Waals surface area contributed by atoms with Gasteiger partial charge in [-0.15, -0.1) is 0 Å². The molecule has 5 atom stereocenters. The fourth-order valence-electron chi connectivity index (χ4n) is 6.69. The van der Waals surface area contributed by atoms with Gasteiger partial charge in [0.05, 0.1) is 31.9 Å². The van der Waals surface area contributed by atoms with Gasteiger partial charge < -0.3 is 29.5 Å². The molecule has 2 aliphatic carbocycles. The average Bonchev–Trinajstić information content (AvgIpc) is 3.23. The van der Waals surface area contributed by atoms with Crippen molar-refractivity contribution < 1.29 is 29.3 Å². The van der Waals surface area contributed by atoms with Gasteiger partial charge in [-0.1, -0.05) is 29.8 Å². The normalized spacial score (nSPS) is 29.6. The Bertz CT molecular complexity index is 1320. The molecule has 2 N–H and O–H groups in total. The predicted molar refractivity (Wildman–Crippen MR) is 160 cm³/mol. The first kappa shape index (κ1) is 30.3. The minimum atomic E-state index is -0.995. The molecule has 5 unspecified atom stereocenters. The number of fused-ring (bicyclic) bond motifs is 4. The lowest BCUT2D eigenvalue weighted by Crippen LogP contribution is -2.48. The number of halogens is 1. The Morgan fingerprint density at radius 2 is 2.02 bits per heavy atom. The van der Waals surface area contributed by atoms with Gasteiger partial charge in [0.2, 0.25) is 5.91 Å². The molecule has 2 aromatic rings. The van der Waals surface area contributed by atoms with Gasteiger partial charge in [0.15, 0.2) is 11.6 Å². The maximum Gasteiger partial charge on any atom is 0.292 e. The summed E-state index contributed by atoms with van der Waals surface area (Å²) in [5.74, 6) is 1.79. The molecule has 2 aliphatic heterocycles. The van der Waals surface area contributed by atoms with Gasteiger partial charge in [-0.05, 0) is 79.3 Å². The van der Waals surface area contributed by atoms with E-state index >= 15 is 0 Å². The lowest BCUT2D eigenvalue weighted by Gasteiger charge is -2.43. The summed E-state index contributed by atoms with van der Waals surface area (Å²) >= 11 is 6.33. The van der Waals surface area contributed by atoms with E-state index in [9.17, 15) is 15.0 Å². The highest BCUT2D eigenvalue weighted by atomic mass is 35.5. The molecule has 1 amide bonds. The number of nitrogens with zero attached hydrogens (tertiary/aromatic N) is 3. The van der Waals surface area contributed by atoms with Crippen LogP contribution < -0.4 is 9.64 Å². The minimum Gasteiger partial charge on any atom is -0.489 e. The zero-order valence-corrected chi connectivity index (χ0v) is 25.0. The predicted octanol–water partition coefficient (Wildman–Crippen LogP) is 3.84. The molecule has 0 radical (unpaired) electrons. The first-order valence-electron chi connectivity index (χ1n) is 14.7. The molecular weight excluding hydrogens is 558 g/mol. The van der Waals surface area contributed by atoms with Gasteiger partial charge in [0, 0.05) is 37.1 Å². The van der Waals surface area contributed by atoms with E-state index in [4.69, 9.17) is 26.1 Å². The number of aliphatic hydroxyl groups is 2. The second kappa shape index (κ2) is 13.0. The number of aromatic nitrogens is 1. The lowest BCUT2D eigenvalue weighted by molar-refractivity contribution is -0.132. The number of carbonyl (C=O) groups excluding carboxylic acids is 2. The monoisotopic (exact) mass is 597 g/mol. The van der Waals surface area contributed by atoms with Crippen molar-refractivity contribution in [2.45, 2.75) is 56.1 Å². The van der Waals surface area contributed by atoms with Crippen LogP contribution in [0.1, 0.15) is 55.0 Å². The summed E-state index contributed by atoms with van der Waals surface area (Å²) in [4.78, 5) is 30.6. The van der Waals surface area contributed by atoms with Crippen molar-refractivity contribution in [2.75, 3.05) is 45.3 Å². The number of rotatable bonds is 1.